The molecular weight excluding hydrogens is 284 g/mol. The number of nitrogens with one attached hydrogen (secondary N) is 2. The van der Waals surface area contributed by atoms with Gasteiger partial charge in [0.2, 0.25) is 5.91 Å². The molecule has 1 amide bonds. The van der Waals surface area contributed by atoms with Crippen LogP contribution in [0.25, 0.3) is 11.2 Å². The van der Waals surface area contributed by atoms with Crippen molar-refractivity contribution in [3.63, 3.8) is 0 Å². The van der Waals surface area contributed by atoms with E-state index in [1.807, 2.05) is 43.3 Å². The molecule has 0 spiro atoms. The van der Waals surface area contributed by atoms with E-state index in [1.165, 1.54) is 11.8 Å². The number of carbonyl (C=O) groups is 1. The van der Waals surface area contributed by atoms with Crippen molar-refractivity contribution in [2.75, 3.05) is 11.1 Å². The molecule has 106 valence electrons. The van der Waals surface area contributed by atoms with Crippen LogP contribution in [0.15, 0.2) is 47.8 Å². The van der Waals surface area contributed by atoms with Crippen LogP contribution in [0.3, 0.4) is 0 Å². The number of thioether (sulfide) groups is 1. The summed E-state index contributed by atoms with van der Waals surface area (Å²) in [6, 6.07) is 11.4. The van der Waals surface area contributed by atoms with Gasteiger partial charge in [-0.1, -0.05) is 29.5 Å². The van der Waals surface area contributed by atoms with Crippen LogP contribution >= 0.6 is 11.8 Å². The summed E-state index contributed by atoms with van der Waals surface area (Å²) in [5, 5.41) is 3.55. The zero-order valence-electron chi connectivity index (χ0n) is 11.5. The summed E-state index contributed by atoms with van der Waals surface area (Å²) in [6.07, 6.45) is 1.71. The number of amides is 1. The van der Waals surface area contributed by atoms with Gasteiger partial charge in [0.05, 0.1) is 5.75 Å². The molecule has 0 atom stereocenters. The van der Waals surface area contributed by atoms with Gasteiger partial charge in [-0.2, -0.15) is 0 Å². The number of benzene rings is 1. The van der Waals surface area contributed by atoms with Crippen LogP contribution in [0, 0.1) is 6.92 Å². The molecule has 0 bridgehead atoms. The minimum atomic E-state index is -0.0581. The summed E-state index contributed by atoms with van der Waals surface area (Å²) >= 11 is 1.36. The van der Waals surface area contributed by atoms with Crippen LogP contribution in [0.5, 0.6) is 0 Å². The molecule has 0 radical (unpaired) electrons. The van der Waals surface area contributed by atoms with Crippen molar-refractivity contribution >= 4 is 34.5 Å². The second kappa shape index (κ2) is 5.97. The van der Waals surface area contributed by atoms with Gasteiger partial charge in [0.15, 0.2) is 10.8 Å². The molecule has 1 aromatic carbocycles. The predicted molar refractivity (Wildman–Crippen MR) is 84.4 cm³/mol. The Morgan fingerprint density at radius 2 is 2.10 bits per heavy atom. The first-order valence-corrected chi connectivity index (χ1v) is 7.49. The molecule has 0 fully saturated rings. The van der Waals surface area contributed by atoms with E-state index < -0.39 is 0 Å². The maximum absolute atomic E-state index is 11.9. The number of nitrogens with zero attached hydrogens (tertiary/aromatic N) is 2. The average molecular weight is 298 g/mol. The van der Waals surface area contributed by atoms with E-state index in [0.29, 0.717) is 10.9 Å². The van der Waals surface area contributed by atoms with Gasteiger partial charge in [-0.3, -0.25) is 4.79 Å². The number of aromatic nitrogens is 3. The second-order valence-corrected chi connectivity index (χ2v) is 5.58. The second-order valence-electron chi connectivity index (χ2n) is 4.62. The topological polar surface area (TPSA) is 70.7 Å². The molecular formula is C15H14N4OS. The lowest BCUT2D eigenvalue weighted by molar-refractivity contribution is -0.113. The first-order chi connectivity index (χ1) is 10.2. The highest BCUT2D eigenvalue weighted by atomic mass is 32.2. The fraction of sp³-hybridized carbons (Fsp3) is 0.133. The number of fused-ring (bicyclic) bond motifs is 1. The van der Waals surface area contributed by atoms with E-state index >= 15 is 0 Å². The smallest absolute Gasteiger partial charge is 0.234 e. The van der Waals surface area contributed by atoms with Crippen LogP contribution < -0.4 is 5.32 Å². The average Bonchev–Trinajstić information content (AvgIpc) is 2.90. The SMILES string of the molecule is Cc1ccc(NC(=O)CSc2nc3cccnc3[nH]2)cc1. The number of hydrogen-bond donors (Lipinski definition) is 2. The Labute approximate surface area is 126 Å². The summed E-state index contributed by atoms with van der Waals surface area (Å²) in [5.74, 6) is 0.241. The lowest BCUT2D eigenvalue weighted by Gasteiger charge is -2.04. The molecule has 0 aliphatic rings. The third kappa shape index (κ3) is 3.41. The number of pyridine rings is 1. The number of rotatable bonds is 4. The molecule has 0 aliphatic heterocycles. The zero-order valence-corrected chi connectivity index (χ0v) is 12.3. The minimum absolute atomic E-state index is 0.0581. The van der Waals surface area contributed by atoms with E-state index in [0.717, 1.165) is 22.4 Å². The van der Waals surface area contributed by atoms with Gasteiger partial charge >= 0.3 is 0 Å². The monoisotopic (exact) mass is 298 g/mol. The summed E-state index contributed by atoms with van der Waals surface area (Å²) in [4.78, 5) is 23.5. The Kier molecular flexibility index (Phi) is 3.87. The number of H-pyrrole nitrogens is 1. The summed E-state index contributed by atoms with van der Waals surface area (Å²) < 4.78 is 0. The first-order valence-electron chi connectivity index (χ1n) is 6.51. The van der Waals surface area contributed by atoms with Gasteiger partial charge in [0.1, 0.15) is 5.52 Å². The van der Waals surface area contributed by atoms with Gasteiger partial charge in [0.25, 0.3) is 0 Å². The maximum atomic E-state index is 11.9. The van der Waals surface area contributed by atoms with E-state index in [2.05, 4.69) is 20.3 Å². The van der Waals surface area contributed by atoms with Crippen molar-refractivity contribution in [1.29, 1.82) is 0 Å². The Morgan fingerprint density at radius 3 is 2.86 bits per heavy atom. The highest BCUT2D eigenvalue weighted by molar-refractivity contribution is 7.99. The van der Waals surface area contributed by atoms with Gasteiger partial charge in [0, 0.05) is 11.9 Å². The van der Waals surface area contributed by atoms with Crippen LogP contribution in [0.1, 0.15) is 5.56 Å². The summed E-state index contributed by atoms with van der Waals surface area (Å²) in [6.45, 7) is 2.01. The fourth-order valence-corrected chi connectivity index (χ4v) is 2.53. The highest BCUT2D eigenvalue weighted by Crippen LogP contribution is 2.18. The summed E-state index contributed by atoms with van der Waals surface area (Å²) in [5.41, 5.74) is 3.51. The Balaban J connectivity index is 1.59. The van der Waals surface area contributed by atoms with Crippen LogP contribution in [0.2, 0.25) is 0 Å². The third-order valence-corrected chi connectivity index (χ3v) is 3.78. The molecule has 2 N–H and O–H groups in total. The number of aryl methyl sites for hydroxylation is 1. The van der Waals surface area contributed by atoms with Crippen molar-refractivity contribution in [2.45, 2.75) is 12.1 Å². The summed E-state index contributed by atoms with van der Waals surface area (Å²) in [7, 11) is 0. The number of imidazole rings is 1. The molecule has 3 aromatic rings. The van der Waals surface area contributed by atoms with E-state index in [4.69, 9.17) is 0 Å². The number of anilines is 1. The van der Waals surface area contributed by atoms with Crippen molar-refractivity contribution in [1.82, 2.24) is 15.0 Å². The lowest BCUT2D eigenvalue weighted by atomic mass is 10.2. The molecule has 5 nitrogen and oxygen atoms in total. The molecule has 2 heterocycles. The molecule has 0 saturated carbocycles. The highest BCUT2D eigenvalue weighted by Gasteiger charge is 2.07. The number of aromatic amines is 1. The molecule has 3 rings (SSSR count). The van der Waals surface area contributed by atoms with Gasteiger partial charge in [-0.25, -0.2) is 9.97 Å². The van der Waals surface area contributed by atoms with Gasteiger partial charge in [-0.05, 0) is 31.2 Å². The Bertz CT molecular complexity index is 734. The van der Waals surface area contributed by atoms with E-state index in [1.54, 1.807) is 6.20 Å². The quantitative estimate of drug-likeness (QED) is 0.726. The normalized spacial score (nSPS) is 10.7. The predicted octanol–water partition coefficient (Wildman–Crippen LogP) is 3.00. The number of carbonyl (C=O) groups excluding carboxylic acids is 1. The third-order valence-electron chi connectivity index (χ3n) is 2.91. The lowest BCUT2D eigenvalue weighted by Crippen LogP contribution is -2.14. The zero-order chi connectivity index (χ0) is 14.7. The fourth-order valence-electron chi connectivity index (χ4n) is 1.86. The molecule has 6 heteroatoms. The van der Waals surface area contributed by atoms with Crippen molar-refractivity contribution < 1.29 is 4.79 Å². The van der Waals surface area contributed by atoms with E-state index in [9.17, 15) is 4.79 Å². The van der Waals surface area contributed by atoms with Crippen molar-refractivity contribution in [3.05, 3.63) is 48.2 Å². The largest absolute Gasteiger partial charge is 0.325 e. The molecule has 2 aromatic heterocycles. The maximum Gasteiger partial charge on any atom is 0.234 e. The van der Waals surface area contributed by atoms with Gasteiger partial charge < -0.3 is 10.3 Å². The molecule has 21 heavy (non-hydrogen) atoms. The van der Waals surface area contributed by atoms with Crippen molar-refractivity contribution in [2.24, 2.45) is 0 Å². The molecule has 0 unspecified atom stereocenters. The standard InChI is InChI=1S/C15H14N4OS/c1-10-4-6-11(7-5-10)17-13(20)9-21-15-18-12-3-2-8-16-14(12)19-15/h2-8H,9H2,1H3,(H,17,20)(H,16,18,19). The van der Waals surface area contributed by atoms with Gasteiger partial charge in [-0.15, -0.1) is 0 Å². The van der Waals surface area contributed by atoms with Crippen molar-refractivity contribution in [3.8, 4) is 0 Å². The van der Waals surface area contributed by atoms with Crippen LogP contribution in [0.4, 0.5) is 5.69 Å². The molecule has 0 saturated heterocycles. The van der Waals surface area contributed by atoms with E-state index in [-0.39, 0.29) is 5.91 Å². The number of hydrogen-bond acceptors (Lipinski definition) is 4. The van der Waals surface area contributed by atoms with Crippen LogP contribution in [-0.2, 0) is 4.79 Å². The Hall–Kier alpha value is -2.34. The Morgan fingerprint density at radius 1 is 1.29 bits per heavy atom. The molecule has 0 aliphatic carbocycles. The first kappa shape index (κ1) is 13.6. The van der Waals surface area contributed by atoms with Crippen LogP contribution in [-0.4, -0.2) is 26.6 Å². The minimum Gasteiger partial charge on any atom is -0.325 e.